The van der Waals surface area contributed by atoms with Gasteiger partial charge >= 0.3 is 0 Å². The second kappa shape index (κ2) is 6.79. The number of benzene rings is 2. The van der Waals surface area contributed by atoms with Crippen LogP contribution in [0.15, 0.2) is 54.7 Å². The van der Waals surface area contributed by atoms with E-state index < -0.39 is 10.0 Å². The van der Waals surface area contributed by atoms with Crippen LogP contribution in [-0.2, 0) is 29.2 Å². The number of hydrogen-bond donors (Lipinski definition) is 1. The predicted molar refractivity (Wildman–Crippen MR) is 98.4 cm³/mol. The van der Waals surface area contributed by atoms with Gasteiger partial charge < -0.3 is 4.57 Å². The highest BCUT2D eigenvalue weighted by atomic mass is 32.2. The first-order valence-electron chi connectivity index (χ1n) is 8.00. The Morgan fingerprint density at radius 3 is 2.50 bits per heavy atom. The Bertz CT molecular complexity index is 941. The Morgan fingerprint density at radius 2 is 1.75 bits per heavy atom. The van der Waals surface area contributed by atoms with Gasteiger partial charge in [-0.2, -0.15) is 0 Å². The second-order valence-electron chi connectivity index (χ2n) is 6.17. The maximum Gasteiger partial charge on any atom is 0.215 e. The molecule has 0 aliphatic rings. The third-order valence-electron chi connectivity index (χ3n) is 4.17. The van der Waals surface area contributed by atoms with Crippen molar-refractivity contribution in [3.8, 4) is 0 Å². The van der Waals surface area contributed by atoms with Gasteiger partial charge in [-0.1, -0.05) is 48.0 Å². The van der Waals surface area contributed by atoms with Crippen LogP contribution in [0.3, 0.4) is 0 Å². The Kier molecular flexibility index (Phi) is 4.73. The molecule has 2 aromatic carbocycles. The molecule has 0 aliphatic carbocycles. The van der Waals surface area contributed by atoms with Crippen molar-refractivity contribution in [2.75, 3.05) is 6.54 Å². The molecule has 0 unspecified atom stereocenters. The van der Waals surface area contributed by atoms with Gasteiger partial charge in [0.05, 0.1) is 5.75 Å². The van der Waals surface area contributed by atoms with Crippen molar-refractivity contribution in [1.29, 1.82) is 0 Å². The first-order valence-corrected chi connectivity index (χ1v) is 9.66. The van der Waals surface area contributed by atoms with Gasteiger partial charge in [-0.25, -0.2) is 13.1 Å². The van der Waals surface area contributed by atoms with Crippen molar-refractivity contribution in [3.63, 3.8) is 0 Å². The minimum absolute atomic E-state index is 0.0167. The van der Waals surface area contributed by atoms with E-state index in [0.717, 1.165) is 22.2 Å². The molecule has 0 aliphatic heterocycles. The molecule has 5 heteroatoms. The Hall–Kier alpha value is -2.11. The van der Waals surface area contributed by atoms with Crippen molar-refractivity contribution in [2.24, 2.45) is 7.05 Å². The van der Waals surface area contributed by atoms with E-state index >= 15 is 0 Å². The van der Waals surface area contributed by atoms with Gasteiger partial charge in [0.15, 0.2) is 0 Å². The normalized spacial score (nSPS) is 11.9. The lowest BCUT2D eigenvalue weighted by Crippen LogP contribution is -2.27. The third-order valence-corrected chi connectivity index (χ3v) is 5.53. The molecule has 1 heterocycles. The fraction of sp³-hybridized carbons (Fsp3) is 0.263. The van der Waals surface area contributed by atoms with E-state index in [-0.39, 0.29) is 5.75 Å². The van der Waals surface area contributed by atoms with Crippen molar-refractivity contribution in [3.05, 3.63) is 71.4 Å². The van der Waals surface area contributed by atoms with E-state index in [9.17, 15) is 8.42 Å². The highest BCUT2D eigenvalue weighted by molar-refractivity contribution is 7.88. The lowest BCUT2D eigenvalue weighted by Gasteiger charge is -2.07. The number of fused-ring (bicyclic) bond motifs is 1. The maximum absolute atomic E-state index is 12.2. The van der Waals surface area contributed by atoms with Crippen LogP contribution in [-0.4, -0.2) is 19.5 Å². The zero-order valence-electron chi connectivity index (χ0n) is 14.0. The summed E-state index contributed by atoms with van der Waals surface area (Å²) in [7, 11) is -1.31. The van der Waals surface area contributed by atoms with E-state index in [1.165, 1.54) is 5.39 Å². The van der Waals surface area contributed by atoms with Gasteiger partial charge in [0.2, 0.25) is 10.0 Å². The van der Waals surface area contributed by atoms with Crippen LogP contribution in [0.4, 0.5) is 0 Å². The number of hydrogen-bond acceptors (Lipinski definition) is 2. The summed E-state index contributed by atoms with van der Waals surface area (Å²) in [5.74, 6) is 0.0167. The molecule has 0 amide bonds. The van der Waals surface area contributed by atoms with Crippen LogP contribution in [0, 0.1) is 6.92 Å². The van der Waals surface area contributed by atoms with Crippen LogP contribution in [0.2, 0.25) is 0 Å². The zero-order chi connectivity index (χ0) is 17.2. The Balaban J connectivity index is 1.63. The number of nitrogens with one attached hydrogen (secondary N) is 1. The summed E-state index contributed by atoms with van der Waals surface area (Å²) in [6, 6.07) is 15.7. The maximum atomic E-state index is 12.2. The van der Waals surface area contributed by atoms with E-state index in [1.807, 2.05) is 50.4 Å². The number of aromatic nitrogens is 1. The van der Waals surface area contributed by atoms with Crippen molar-refractivity contribution >= 4 is 20.9 Å². The highest BCUT2D eigenvalue weighted by Gasteiger charge is 2.12. The van der Waals surface area contributed by atoms with Crippen LogP contribution in [0.1, 0.15) is 16.7 Å². The minimum atomic E-state index is -3.32. The highest BCUT2D eigenvalue weighted by Crippen LogP contribution is 2.20. The van der Waals surface area contributed by atoms with Gasteiger partial charge in [-0.3, -0.25) is 0 Å². The molecule has 4 nitrogen and oxygen atoms in total. The van der Waals surface area contributed by atoms with Crippen LogP contribution in [0.5, 0.6) is 0 Å². The summed E-state index contributed by atoms with van der Waals surface area (Å²) in [6.45, 7) is 2.39. The largest absolute Gasteiger partial charge is 0.350 e. The standard InChI is InChI=1S/C19H22N2O2S/c1-15-7-9-16(10-8-15)14-24(22,23)20-12-11-17-13-21(2)19-6-4-3-5-18(17)19/h3-10,13,20H,11-12,14H2,1-2H3. The van der Waals surface area contributed by atoms with Crippen molar-refractivity contribution in [1.82, 2.24) is 9.29 Å². The van der Waals surface area contributed by atoms with Gasteiger partial charge in [0.25, 0.3) is 0 Å². The molecule has 0 saturated heterocycles. The number of rotatable bonds is 6. The van der Waals surface area contributed by atoms with E-state index in [4.69, 9.17) is 0 Å². The van der Waals surface area contributed by atoms with E-state index in [2.05, 4.69) is 27.6 Å². The third kappa shape index (κ3) is 3.86. The molecule has 24 heavy (non-hydrogen) atoms. The van der Waals surface area contributed by atoms with Crippen molar-refractivity contribution < 1.29 is 8.42 Å². The number of nitrogens with zero attached hydrogens (tertiary/aromatic N) is 1. The molecule has 0 saturated carbocycles. The summed E-state index contributed by atoms with van der Waals surface area (Å²) < 4.78 is 29.2. The number of sulfonamides is 1. The molecule has 0 bridgehead atoms. The number of aryl methyl sites for hydroxylation is 2. The topological polar surface area (TPSA) is 51.1 Å². The van der Waals surface area contributed by atoms with Gasteiger partial charge in [-0.05, 0) is 30.5 Å². The Morgan fingerprint density at radius 1 is 1.04 bits per heavy atom. The van der Waals surface area contributed by atoms with E-state index in [0.29, 0.717) is 13.0 Å². The average molecular weight is 342 g/mol. The van der Waals surface area contributed by atoms with Crippen LogP contribution in [0.25, 0.3) is 10.9 Å². The summed E-state index contributed by atoms with van der Waals surface area (Å²) >= 11 is 0. The fourth-order valence-corrected chi connectivity index (χ4v) is 4.07. The molecular weight excluding hydrogens is 320 g/mol. The van der Waals surface area contributed by atoms with Gasteiger partial charge in [0.1, 0.15) is 0 Å². The molecule has 0 radical (unpaired) electrons. The Labute approximate surface area is 143 Å². The van der Waals surface area contributed by atoms with Crippen molar-refractivity contribution in [2.45, 2.75) is 19.1 Å². The quantitative estimate of drug-likeness (QED) is 0.748. The molecule has 0 atom stereocenters. The predicted octanol–water partition coefficient (Wildman–Crippen LogP) is 3.15. The van der Waals surface area contributed by atoms with Gasteiger partial charge in [0, 0.05) is 30.7 Å². The van der Waals surface area contributed by atoms with Crippen LogP contribution < -0.4 is 4.72 Å². The van der Waals surface area contributed by atoms with Crippen LogP contribution >= 0.6 is 0 Å². The summed E-state index contributed by atoms with van der Waals surface area (Å²) in [6.07, 6.45) is 2.74. The molecule has 0 spiro atoms. The summed E-state index contributed by atoms with van der Waals surface area (Å²) in [4.78, 5) is 0. The fourth-order valence-electron chi connectivity index (χ4n) is 2.92. The molecule has 126 valence electrons. The first kappa shape index (κ1) is 16.7. The lowest BCUT2D eigenvalue weighted by molar-refractivity contribution is 0.581. The molecule has 3 aromatic rings. The SMILES string of the molecule is Cc1ccc(CS(=O)(=O)NCCc2cn(C)c3ccccc23)cc1. The molecule has 0 fully saturated rings. The van der Waals surface area contributed by atoms with E-state index in [1.54, 1.807) is 0 Å². The monoisotopic (exact) mass is 342 g/mol. The average Bonchev–Trinajstić information content (AvgIpc) is 2.86. The number of para-hydroxylation sites is 1. The summed E-state index contributed by atoms with van der Waals surface area (Å²) in [5.41, 5.74) is 4.25. The minimum Gasteiger partial charge on any atom is -0.350 e. The second-order valence-corrected chi connectivity index (χ2v) is 7.98. The molecular formula is C19H22N2O2S. The first-order chi connectivity index (χ1) is 11.4. The molecule has 1 N–H and O–H groups in total. The smallest absolute Gasteiger partial charge is 0.215 e. The van der Waals surface area contributed by atoms with Gasteiger partial charge in [-0.15, -0.1) is 0 Å². The molecule has 1 aromatic heterocycles. The summed E-state index contributed by atoms with van der Waals surface area (Å²) in [5, 5.41) is 1.18. The lowest BCUT2D eigenvalue weighted by atomic mass is 10.1. The zero-order valence-corrected chi connectivity index (χ0v) is 14.8. The molecule has 3 rings (SSSR count).